The van der Waals surface area contributed by atoms with E-state index in [4.69, 9.17) is 5.26 Å². The largest absolute Gasteiger partial charge is 0.415 e. The Balaban J connectivity index is 0.000001000. The summed E-state index contributed by atoms with van der Waals surface area (Å²) in [6.45, 7) is 3.67. The average Bonchev–Trinajstić information content (AvgIpc) is 1.88. The fraction of sp³-hybridized carbons (Fsp3) is 0.857. The molecule has 1 N–H and O–H groups in total. The van der Waals surface area contributed by atoms with Gasteiger partial charge in [-0.2, -0.15) is 6.61 Å². The molecule has 0 aliphatic carbocycles. The maximum atomic E-state index is 8.13. The zero-order valence-corrected chi connectivity index (χ0v) is 10.9. The van der Waals surface area contributed by atoms with Gasteiger partial charge in [-0.3, -0.25) is 5.26 Å². The molecule has 1 aliphatic rings. The van der Waals surface area contributed by atoms with Crippen LogP contribution in [0, 0.1) is 43.6 Å². The first kappa shape index (κ1) is 11.9. The van der Waals surface area contributed by atoms with Gasteiger partial charge in [0.25, 0.3) is 0 Å². The molecule has 1 fully saturated rings. The second kappa shape index (κ2) is 6.45. The Hall–Kier alpha value is 0.932. The van der Waals surface area contributed by atoms with Crippen molar-refractivity contribution in [2.45, 2.75) is 12.8 Å². The van der Waals surface area contributed by atoms with Gasteiger partial charge in [-0.05, 0) is 26.6 Å². The summed E-state index contributed by atoms with van der Waals surface area (Å²) in [6, 6.07) is 0. The van der Waals surface area contributed by atoms with E-state index in [2.05, 4.69) is 16.8 Å². The van der Waals surface area contributed by atoms with E-state index in [1.165, 1.54) is 13.0 Å². The molecule has 0 saturated carbocycles. The molecular weight excluding hydrogens is 368 g/mol. The quantitative estimate of drug-likeness (QED) is 0.439. The van der Waals surface area contributed by atoms with Crippen molar-refractivity contribution in [1.82, 2.24) is 4.90 Å². The van der Waals surface area contributed by atoms with Gasteiger partial charge in [0.1, 0.15) is 0 Å². The number of hydrogen-bond acceptors (Lipinski definition) is 3. The maximum Gasteiger partial charge on any atom is 0 e. The Bertz CT molecular complexity index is 100. The van der Waals surface area contributed by atoms with Gasteiger partial charge in [-0.25, -0.2) is 0 Å². The van der Waals surface area contributed by atoms with Crippen molar-refractivity contribution in [1.29, 1.82) is 0 Å². The van der Waals surface area contributed by atoms with E-state index in [9.17, 15) is 0 Å². The fourth-order valence-electron chi connectivity index (χ4n) is 1.40. The molecule has 4 heteroatoms. The molecule has 1 aliphatic heterocycles. The molecule has 1 saturated heterocycles. The molecule has 1 rings (SSSR count). The molecule has 0 spiro atoms. The molecule has 3 nitrogen and oxygen atoms in total. The van der Waals surface area contributed by atoms with Crippen LogP contribution in [0.25, 0.3) is 0 Å². The van der Waals surface area contributed by atoms with Crippen LogP contribution in [0.5, 0.6) is 0 Å². The van der Waals surface area contributed by atoms with Crippen LogP contribution in [-0.4, -0.2) is 30.3 Å². The van der Waals surface area contributed by atoms with Crippen molar-refractivity contribution >= 4 is 0 Å². The Morgan fingerprint density at radius 2 is 2.36 bits per heavy atom. The molecule has 1 heterocycles. The zero-order chi connectivity index (χ0) is 7.40. The van der Waals surface area contributed by atoms with Gasteiger partial charge in [0.15, 0.2) is 0 Å². The fourth-order valence-corrected chi connectivity index (χ4v) is 1.40. The third-order valence-electron chi connectivity index (χ3n) is 1.91. The first-order valence-corrected chi connectivity index (χ1v) is 3.65. The summed E-state index contributed by atoms with van der Waals surface area (Å²) < 4.78 is 0. The number of hydrogen-bond donors (Lipinski definition) is 1. The van der Waals surface area contributed by atoms with Crippen molar-refractivity contribution < 1.29 is 41.3 Å². The van der Waals surface area contributed by atoms with Gasteiger partial charge in [-0.1, -0.05) is 6.42 Å². The van der Waals surface area contributed by atoms with E-state index >= 15 is 0 Å². The van der Waals surface area contributed by atoms with Crippen LogP contribution in [0.4, 0.5) is 0 Å². The summed E-state index contributed by atoms with van der Waals surface area (Å²) in [6.07, 6.45) is 2.33. The minimum Gasteiger partial charge on any atom is -0.415 e. The molecule has 0 aromatic carbocycles. The molecular formula is C7H14NO2U-. The molecule has 1 unspecified atom stereocenters. The van der Waals surface area contributed by atoms with Crippen molar-refractivity contribution in [2.24, 2.45) is 5.92 Å². The van der Waals surface area contributed by atoms with Gasteiger partial charge < -0.3 is 9.79 Å². The molecule has 1 atom stereocenters. The SMILES string of the molecule is CN1CCCC([CH-]OO)C1.[U]. The molecule has 0 amide bonds. The molecule has 0 bridgehead atoms. The summed E-state index contributed by atoms with van der Waals surface area (Å²) in [5.41, 5.74) is 0. The van der Waals surface area contributed by atoms with E-state index in [0.29, 0.717) is 5.92 Å². The van der Waals surface area contributed by atoms with Crippen molar-refractivity contribution in [3.63, 3.8) is 0 Å². The smallest absolute Gasteiger partial charge is 0 e. The minimum atomic E-state index is 0. The van der Waals surface area contributed by atoms with Crippen LogP contribution < -0.4 is 0 Å². The first-order valence-electron chi connectivity index (χ1n) is 3.65. The summed E-state index contributed by atoms with van der Waals surface area (Å²) in [5.74, 6) is 0.406. The van der Waals surface area contributed by atoms with Crippen LogP contribution in [0.3, 0.4) is 0 Å². The Morgan fingerprint density at radius 1 is 1.64 bits per heavy atom. The third kappa shape index (κ3) is 4.49. The van der Waals surface area contributed by atoms with E-state index in [-0.39, 0.29) is 31.1 Å². The normalized spacial score (nSPS) is 26.2. The zero-order valence-electron chi connectivity index (χ0n) is 6.79. The van der Waals surface area contributed by atoms with Gasteiger partial charge >= 0.3 is 0 Å². The summed E-state index contributed by atoms with van der Waals surface area (Å²) in [7, 11) is 2.08. The monoisotopic (exact) mass is 382 g/mol. The van der Waals surface area contributed by atoms with Crippen molar-refractivity contribution in [2.75, 3.05) is 20.1 Å². The van der Waals surface area contributed by atoms with Crippen LogP contribution in [-0.2, 0) is 4.89 Å². The van der Waals surface area contributed by atoms with Crippen LogP contribution in [0.1, 0.15) is 12.8 Å². The number of piperidine rings is 1. The minimum absolute atomic E-state index is 0. The topological polar surface area (TPSA) is 32.7 Å². The van der Waals surface area contributed by atoms with Crippen molar-refractivity contribution in [3.05, 3.63) is 6.61 Å². The number of nitrogens with zero attached hydrogens (tertiary/aromatic N) is 1. The van der Waals surface area contributed by atoms with Gasteiger partial charge in [0, 0.05) is 31.1 Å². The molecule has 11 heavy (non-hydrogen) atoms. The van der Waals surface area contributed by atoms with Crippen LogP contribution in [0.15, 0.2) is 0 Å². The number of rotatable bonds is 2. The van der Waals surface area contributed by atoms with Gasteiger partial charge in [0.2, 0.25) is 0 Å². The van der Waals surface area contributed by atoms with Crippen molar-refractivity contribution in [3.8, 4) is 0 Å². The first-order chi connectivity index (χ1) is 4.83. The van der Waals surface area contributed by atoms with Gasteiger partial charge in [-0.15, -0.1) is 5.92 Å². The van der Waals surface area contributed by atoms with Crippen LogP contribution >= 0.6 is 0 Å². The summed E-state index contributed by atoms with van der Waals surface area (Å²) in [5, 5.41) is 8.13. The second-order valence-corrected chi connectivity index (χ2v) is 2.91. The predicted molar refractivity (Wildman–Crippen MR) is 38.2 cm³/mol. The Kier molecular flexibility index (Phi) is 6.99. The second-order valence-electron chi connectivity index (χ2n) is 2.91. The summed E-state index contributed by atoms with van der Waals surface area (Å²) >= 11 is 0. The molecule has 0 aromatic heterocycles. The van der Waals surface area contributed by atoms with E-state index in [1.807, 2.05) is 0 Å². The van der Waals surface area contributed by atoms with E-state index in [1.54, 1.807) is 0 Å². The maximum absolute atomic E-state index is 8.13. The van der Waals surface area contributed by atoms with Gasteiger partial charge in [0.05, 0.1) is 0 Å². The average molecular weight is 382 g/mol. The molecule has 64 valence electrons. The standard InChI is InChI=1S/C7H14NO2.U/c1-8-4-2-3-7(5-8)6-10-9;/h6-7,9H,2-5H2,1H3;/q-1;. The third-order valence-corrected chi connectivity index (χ3v) is 1.91. The van der Waals surface area contributed by atoms with Crippen LogP contribution in [0.2, 0.25) is 0 Å². The van der Waals surface area contributed by atoms with E-state index in [0.717, 1.165) is 19.5 Å². The predicted octanol–water partition coefficient (Wildman–Crippen LogP) is 0.980. The molecule has 0 radical (unpaired) electrons. The molecule has 0 aromatic rings. The number of likely N-dealkylation sites (tertiary alicyclic amines) is 1. The Labute approximate surface area is 91.4 Å². The Morgan fingerprint density at radius 3 is 2.91 bits per heavy atom. The summed E-state index contributed by atoms with van der Waals surface area (Å²) in [4.78, 5) is 6.22. The van der Waals surface area contributed by atoms with E-state index < -0.39 is 0 Å².